The zero-order chi connectivity index (χ0) is 14.3. The number of nitrogen functional groups attached to an aromatic ring is 1. The van der Waals surface area contributed by atoms with Gasteiger partial charge in [-0.25, -0.2) is 0 Å². The fourth-order valence-corrected chi connectivity index (χ4v) is 1.80. The second-order valence-electron chi connectivity index (χ2n) is 4.51. The lowest BCUT2D eigenvalue weighted by Crippen LogP contribution is -2.40. The molecular weight excluding hydrogens is 242 g/mol. The Hall–Kier alpha value is -2.04. The lowest BCUT2D eigenvalue weighted by atomic mass is 10.1. The maximum Gasteiger partial charge on any atom is 0.237 e. The molecule has 0 aromatic heterocycles. The monoisotopic (exact) mass is 263 g/mol. The smallest absolute Gasteiger partial charge is 0.237 e. The number of carbonyl (C=O) groups excluding carboxylic acids is 2. The number of nitrogens with two attached hydrogens (primary N) is 2. The molecule has 0 saturated heterocycles. The number of hydrogen-bond donors (Lipinski definition) is 2. The van der Waals surface area contributed by atoms with Crippen molar-refractivity contribution in [3.63, 3.8) is 0 Å². The molecule has 104 valence electrons. The van der Waals surface area contributed by atoms with E-state index in [1.807, 2.05) is 25.1 Å². The third kappa shape index (κ3) is 4.99. The van der Waals surface area contributed by atoms with Gasteiger partial charge in [-0.1, -0.05) is 31.5 Å². The number of primary amides is 1. The van der Waals surface area contributed by atoms with E-state index in [2.05, 4.69) is 0 Å². The van der Waals surface area contributed by atoms with Gasteiger partial charge in [0.1, 0.15) is 0 Å². The summed E-state index contributed by atoms with van der Waals surface area (Å²) in [5, 5.41) is 0. The van der Waals surface area contributed by atoms with Gasteiger partial charge < -0.3 is 16.4 Å². The number of amides is 2. The fraction of sp³-hybridized carbons (Fsp3) is 0.429. The molecule has 4 N–H and O–H groups in total. The van der Waals surface area contributed by atoms with Crippen LogP contribution in [-0.2, 0) is 16.0 Å². The minimum atomic E-state index is -0.495. The van der Waals surface area contributed by atoms with Crippen LogP contribution in [0.4, 0.5) is 5.69 Å². The van der Waals surface area contributed by atoms with Gasteiger partial charge in [0.15, 0.2) is 0 Å². The van der Waals surface area contributed by atoms with Crippen molar-refractivity contribution in [1.82, 2.24) is 4.90 Å². The van der Waals surface area contributed by atoms with Crippen molar-refractivity contribution in [1.29, 1.82) is 0 Å². The standard InChI is InChI=1S/C14H21N3O2/c1-2-3-8-17(10-13(16)18)14(19)9-11-6-4-5-7-12(11)15/h4-7H,2-3,8-10,15H2,1H3,(H2,16,18). The summed E-state index contributed by atoms with van der Waals surface area (Å²) in [6, 6.07) is 7.23. The van der Waals surface area contributed by atoms with Gasteiger partial charge in [-0.2, -0.15) is 0 Å². The maximum absolute atomic E-state index is 12.2. The molecule has 2 amide bonds. The van der Waals surface area contributed by atoms with E-state index in [4.69, 9.17) is 11.5 Å². The highest BCUT2D eigenvalue weighted by Gasteiger charge is 2.16. The normalized spacial score (nSPS) is 10.2. The van der Waals surface area contributed by atoms with Crippen molar-refractivity contribution in [2.45, 2.75) is 26.2 Å². The predicted octanol–water partition coefficient (Wildman–Crippen LogP) is 0.925. The number of benzene rings is 1. The number of para-hydroxylation sites is 1. The Balaban J connectivity index is 2.70. The average Bonchev–Trinajstić information content (AvgIpc) is 2.36. The zero-order valence-corrected chi connectivity index (χ0v) is 11.3. The first kappa shape index (κ1) is 15.0. The maximum atomic E-state index is 12.2. The molecule has 1 rings (SSSR count). The summed E-state index contributed by atoms with van der Waals surface area (Å²) in [5.41, 5.74) is 12.3. The molecule has 0 aliphatic carbocycles. The molecule has 0 aliphatic heterocycles. The Morgan fingerprint density at radius 3 is 2.53 bits per heavy atom. The Morgan fingerprint density at radius 2 is 1.95 bits per heavy atom. The molecule has 5 heteroatoms. The highest BCUT2D eigenvalue weighted by molar-refractivity contribution is 5.85. The van der Waals surface area contributed by atoms with Crippen LogP contribution in [0.2, 0.25) is 0 Å². The lowest BCUT2D eigenvalue weighted by molar-refractivity contribution is -0.134. The Labute approximate surface area is 113 Å². The van der Waals surface area contributed by atoms with E-state index in [1.165, 1.54) is 4.90 Å². The van der Waals surface area contributed by atoms with Crippen LogP contribution in [-0.4, -0.2) is 29.8 Å². The summed E-state index contributed by atoms with van der Waals surface area (Å²) >= 11 is 0. The minimum Gasteiger partial charge on any atom is -0.398 e. The topological polar surface area (TPSA) is 89.4 Å². The first-order valence-corrected chi connectivity index (χ1v) is 6.44. The molecule has 1 aromatic carbocycles. The van der Waals surface area contributed by atoms with Crippen molar-refractivity contribution in [2.24, 2.45) is 5.73 Å². The van der Waals surface area contributed by atoms with E-state index in [9.17, 15) is 9.59 Å². The van der Waals surface area contributed by atoms with Crippen molar-refractivity contribution in [3.8, 4) is 0 Å². The third-order valence-electron chi connectivity index (χ3n) is 2.88. The molecule has 0 unspecified atom stereocenters. The third-order valence-corrected chi connectivity index (χ3v) is 2.88. The van der Waals surface area contributed by atoms with Gasteiger partial charge in [-0.15, -0.1) is 0 Å². The number of unbranched alkanes of at least 4 members (excludes halogenated alkanes) is 1. The van der Waals surface area contributed by atoms with E-state index < -0.39 is 5.91 Å². The molecule has 0 spiro atoms. The number of nitrogens with zero attached hydrogens (tertiary/aromatic N) is 1. The van der Waals surface area contributed by atoms with Crippen LogP contribution >= 0.6 is 0 Å². The number of hydrogen-bond acceptors (Lipinski definition) is 3. The Kier molecular flexibility index (Phi) is 5.85. The number of rotatable bonds is 7. The number of carbonyl (C=O) groups is 2. The molecule has 0 aliphatic rings. The van der Waals surface area contributed by atoms with Gasteiger partial charge in [0.2, 0.25) is 11.8 Å². The fourth-order valence-electron chi connectivity index (χ4n) is 1.80. The van der Waals surface area contributed by atoms with E-state index in [-0.39, 0.29) is 18.9 Å². The van der Waals surface area contributed by atoms with Crippen molar-refractivity contribution in [2.75, 3.05) is 18.8 Å². The van der Waals surface area contributed by atoms with E-state index in [0.29, 0.717) is 12.2 Å². The largest absolute Gasteiger partial charge is 0.398 e. The second-order valence-corrected chi connectivity index (χ2v) is 4.51. The van der Waals surface area contributed by atoms with Gasteiger partial charge >= 0.3 is 0 Å². The molecule has 0 fully saturated rings. The van der Waals surface area contributed by atoms with Gasteiger partial charge in [-0.3, -0.25) is 9.59 Å². The molecule has 0 atom stereocenters. The van der Waals surface area contributed by atoms with Crippen molar-refractivity contribution >= 4 is 17.5 Å². The van der Waals surface area contributed by atoms with E-state index >= 15 is 0 Å². The summed E-state index contributed by atoms with van der Waals surface area (Å²) in [4.78, 5) is 24.7. The number of anilines is 1. The molecule has 0 radical (unpaired) electrons. The first-order valence-electron chi connectivity index (χ1n) is 6.44. The van der Waals surface area contributed by atoms with Gasteiger partial charge in [0.25, 0.3) is 0 Å². The van der Waals surface area contributed by atoms with Crippen molar-refractivity contribution in [3.05, 3.63) is 29.8 Å². The van der Waals surface area contributed by atoms with Gasteiger partial charge in [-0.05, 0) is 18.1 Å². The highest BCUT2D eigenvalue weighted by atomic mass is 16.2. The van der Waals surface area contributed by atoms with Crippen LogP contribution in [0.5, 0.6) is 0 Å². The molecular formula is C14H21N3O2. The summed E-state index contributed by atoms with van der Waals surface area (Å²) in [7, 11) is 0. The van der Waals surface area contributed by atoms with Gasteiger partial charge in [0, 0.05) is 12.2 Å². The first-order chi connectivity index (χ1) is 9.04. The molecule has 0 saturated carbocycles. The van der Waals surface area contributed by atoms with Crippen LogP contribution in [0.15, 0.2) is 24.3 Å². The summed E-state index contributed by atoms with van der Waals surface area (Å²) < 4.78 is 0. The zero-order valence-electron chi connectivity index (χ0n) is 11.3. The minimum absolute atomic E-state index is 0.0361. The summed E-state index contributed by atoms with van der Waals surface area (Å²) in [5.74, 6) is -0.615. The molecule has 1 aromatic rings. The molecule has 19 heavy (non-hydrogen) atoms. The van der Waals surface area contributed by atoms with Crippen molar-refractivity contribution < 1.29 is 9.59 Å². The van der Waals surface area contributed by atoms with Gasteiger partial charge in [0.05, 0.1) is 13.0 Å². The average molecular weight is 263 g/mol. The van der Waals surface area contributed by atoms with Crippen LogP contribution < -0.4 is 11.5 Å². The SMILES string of the molecule is CCCCN(CC(N)=O)C(=O)Cc1ccccc1N. The van der Waals surface area contributed by atoms with Crippen LogP contribution in [0.1, 0.15) is 25.3 Å². The molecule has 0 bridgehead atoms. The predicted molar refractivity (Wildman–Crippen MR) is 75.2 cm³/mol. The van der Waals surface area contributed by atoms with Crippen LogP contribution in [0.3, 0.4) is 0 Å². The van der Waals surface area contributed by atoms with Crippen LogP contribution in [0, 0.1) is 0 Å². The molecule has 0 heterocycles. The van der Waals surface area contributed by atoms with E-state index in [1.54, 1.807) is 6.07 Å². The summed E-state index contributed by atoms with van der Waals surface area (Å²) in [6.07, 6.45) is 2.00. The second kappa shape index (κ2) is 7.41. The van der Waals surface area contributed by atoms with Crippen LogP contribution in [0.25, 0.3) is 0 Å². The summed E-state index contributed by atoms with van der Waals surface area (Å²) in [6.45, 7) is 2.54. The highest BCUT2D eigenvalue weighted by Crippen LogP contribution is 2.12. The quantitative estimate of drug-likeness (QED) is 0.717. The Morgan fingerprint density at radius 1 is 1.26 bits per heavy atom. The Bertz CT molecular complexity index is 446. The van der Waals surface area contributed by atoms with E-state index in [0.717, 1.165) is 18.4 Å². The molecule has 5 nitrogen and oxygen atoms in total. The lowest BCUT2D eigenvalue weighted by Gasteiger charge is -2.21.